The van der Waals surface area contributed by atoms with E-state index in [0.29, 0.717) is 12.0 Å². The number of nitrogens with zero attached hydrogens (tertiary/aromatic N) is 4. The Bertz CT molecular complexity index is 624. The van der Waals surface area contributed by atoms with Crippen LogP contribution in [0.15, 0.2) is 29.4 Å². The average Bonchev–Trinajstić information content (AvgIpc) is 3.31. The number of pyridine rings is 1. The van der Waals surface area contributed by atoms with Crippen molar-refractivity contribution in [2.45, 2.75) is 38.5 Å². The molecule has 1 aromatic heterocycles. The van der Waals surface area contributed by atoms with Crippen LogP contribution in [-0.2, 0) is 11.2 Å². The number of aromatic nitrogens is 1. The van der Waals surface area contributed by atoms with Crippen molar-refractivity contribution in [1.29, 1.82) is 0 Å². The molecule has 1 aliphatic heterocycles. The molecule has 26 heavy (non-hydrogen) atoms. The van der Waals surface area contributed by atoms with Gasteiger partial charge in [0.1, 0.15) is 0 Å². The maximum absolute atomic E-state index is 12.4. The average molecular weight is 358 g/mol. The SMILES string of the molecule is CN=C(NCC(=O)N(C)CCc1ccccn1)N1CCC2(CCCC2)C1. The molecule has 1 aromatic rings. The first-order chi connectivity index (χ1) is 12.6. The van der Waals surface area contributed by atoms with E-state index in [2.05, 4.69) is 20.2 Å². The van der Waals surface area contributed by atoms with Gasteiger partial charge >= 0.3 is 0 Å². The molecular formula is C20H31N5O. The van der Waals surface area contributed by atoms with Crippen LogP contribution >= 0.6 is 0 Å². The lowest BCUT2D eigenvalue weighted by Crippen LogP contribution is -2.45. The molecule has 142 valence electrons. The fourth-order valence-corrected chi connectivity index (χ4v) is 4.22. The minimum Gasteiger partial charge on any atom is -0.347 e. The Kier molecular flexibility index (Phi) is 6.12. The molecule has 2 aliphatic rings. The van der Waals surface area contributed by atoms with Crippen LogP contribution in [0.2, 0.25) is 0 Å². The lowest BCUT2D eigenvalue weighted by Gasteiger charge is -2.26. The van der Waals surface area contributed by atoms with Gasteiger partial charge in [0, 0.05) is 52.0 Å². The lowest BCUT2D eigenvalue weighted by molar-refractivity contribution is -0.128. The normalized spacial score (nSPS) is 19.2. The number of carbonyl (C=O) groups is 1. The second-order valence-corrected chi connectivity index (χ2v) is 7.67. The van der Waals surface area contributed by atoms with Gasteiger partial charge in [-0.15, -0.1) is 0 Å². The number of aliphatic imine (C=N–C) groups is 1. The fourth-order valence-electron chi connectivity index (χ4n) is 4.22. The molecule has 1 aliphatic carbocycles. The molecule has 2 heterocycles. The zero-order valence-corrected chi connectivity index (χ0v) is 16.1. The first-order valence-corrected chi connectivity index (χ1v) is 9.71. The first kappa shape index (κ1) is 18.7. The van der Waals surface area contributed by atoms with Crippen molar-refractivity contribution in [2.75, 3.05) is 40.3 Å². The Labute approximate surface area is 156 Å². The molecule has 1 saturated carbocycles. The van der Waals surface area contributed by atoms with E-state index in [1.807, 2.05) is 25.2 Å². The van der Waals surface area contributed by atoms with Gasteiger partial charge in [0.15, 0.2) is 5.96 Å². The van der Waals surface area contributed by atoms with E-state index in [0.717, 1.165) is 31.2 Å². The molecule has 0 unspecified atom stereocenters. The minimum absolute atomic E-state index is 0.0804. The van der Waals surface area contributed by atoms with Crippen molar-refractivity contribution in [3.8, 4) is 0 Å². The third kappa shape index (κ3) is 4.54. The van der Waals surface area contributed by atoms with Crippen LogP contribution < -0.4 is 5.32 Å². The monoisotopic (exact) mass is 357 g/mol. The van der Waals surface area contributed by atoms with Crippen LogP contribution in [0.25, 0.3) is 0 Å². The summed E-state index contributed by atoms with van der Waals surface area (Å²) in [6.45, 7) is 3.08. The molecule has 6 heteroatoms. The number of likely N-dealkylation sites (tertiary alicyclic amines) is 1. The highest BCUT2D eigenvalue weighted by molar-refractivity contribution is 5.86. The van der Waals surface area contributed by atoms with E-state index in [1.165, 1.54) is 32.1 Å². The molecule has 1 N–H and O–H groups in total. The van der Waals surface area contributed by atoms with Crippen molar-refractivity contribution in [3.05, 3.63) is 30.1 Å². The summed E-state index contributed by atoms with van der Waals surface area (Å²) in [7, 11) is 3.65. The molecule has 2 fully saturated rings. The molecule has 3 rings (SSSR count). The van der Waals surface area contributed by atoms with Crippen LogP contribution in [0.5, 0.6) is 0 Å². The molecule has 0 aromatic carbocycles. The van der Waals surface area contributed by atoms with Gasteiger partial charge < -0.3 is 15.1 Å². The third-order valence-electron chi connectivity index (χ3n) is 5.87. The van der Waals surface area contributed by atoms with E-state index >= 15 is 0 Å². The molecule has 0 radical (unpaired) electrons. The van der Waals surface area contributed by atoms with E-state index in [1.54, 1.807) is 18.1 Å². The number of likely N-dealkylation sites (N-methyl/N-ethyl adjacent to an activating group) is 1. The Morgan fingerprint density at radius 3 is 2.85 bits per heavy atom. The van der Waals surface area contributed by atoms with Gasteiger partial charge in [-0.1, -0.05) is 18.9 Å². The largest absolute Gasteiger partial charge is 0.347 e. The smallest absolute Gasteiger partial charge is 0.241 e. The molecule has 1 saturated heterocycles. The van der Waals surface area contributed by atoms with Gasteiger partial charge in [-0.25, -0.2) is 0 Å². The van der Waals surface area contributed by atoms with Crippen molar-refractivity contribution < 1.29 is 4.79 Å². The number of rotatable bonds is 5. The van der Waals surface area contributed by atoms with Gasteiger partial charge in [-0.05, 0) is 36.8 Å². The maximum atomic E-state index is 12.4. The van der Waals surface area contributed by atoms with Crippen LogP contribution in [0.4, 0.5) is 0 Å². The molecule has 1 spiro atoms. The van der Waals surface area contributed by atoms with Crippen LogP contribution in [0, 0.1) is 5.41 Å². The Morgan fingerprint density at radius 1 is 1.35 bits per heavy atom. The number of amides is 1. The van der Waals surface area contributed by atoms with E-state index < -0.39 is 0 Å². The predicted octanol–water partition coefficient (Wildman–Crippen LogP) is 1.92. The lowest BCUT2D eigenvalue weighted by atomic mass is 9.86. The topological polar surface area (TPSA) is 60.8 Å². The second-order valence-electron chi connectivity index (χ2n) is 7.67. The number of hydrogen-bond acceptors (Lipinski definition) is 3. The number of hydrogen-bond donors (Lipinski definition) is 1. The quantitative estimate of drug-likeness (QED) is 0.646. The zero-order valence-electron chi connectivity index (χ0n) is 16.1. The molecule has 0 atom stereocenters. The molecule has 1 amide bonds. The summed E-state index contributed by atoms with van der Waals surface area (Å²) < 4.78 is 0. The summed E-state index contributed by atoms with van der Waals surface area (Å²) in [5.41, 5.74) is 1.51. The Balaban J connectivity index is 1.43. The maximum Gasteiger partial charge on any atom is 0.241 e. The summed E-state index contributed by atoms with van der Waals surface area (Å²) in [4.78, 5) is 25.2. The number of guanidine groups is 1. The van der Waals surface area contributed by atoms with Crippen LogP contribution in [-0.4, -0.2) is 66.9 Å². The van der Waals surface area contributed by atoms with Gasteiger partial charge in [-0.3, -0.25) is 14.8 Å². The number of nitrogens with one attached hydrogen (secondary N) is 1. The summed E-state index contributed by atoms with van der Waals surface area (Å²) in [6.07, 6.45) is 9.22. The fraction of sp³-hybridized carbons (Fsp3) is 0.650. The highest BCUT2D eigenvalue weighted by Crippen LogP contribution is 2.45. The molecule has 6 nitrogen and oxygen atoms in total. The molecule has 0 bridgehead atoms. The van der Waals surface area contributed by atoms with Crippen molar-refractivity contribution in [2.24, 2.45) is 10.4 Å². The Morgan fingerprint density at radius 2 is 2.15 bits per heavy atom. The van der Waals surface area contributed by atoms with Crippen molar-refractivity contribution in [3.63, 3.8) is 0 Å². The van der Waals surface area contributed by atoms with E-state index in [4.69, 9.17) is 0 Å². The van der Waals surface area contributed by atoms with Crippen LogP contribution in [0.3, 0.4) is 0 Å². The summed E-state index contributed by atoms with van der Waals surface area (Å²) in [6, 6.07) is 5.87. The highest BCUT2D eigenvalue weighted by atomic mass is 16.2. The Hall–Kier alpha value is -2.11. The van der Waals surface area contributed by atoms with E-state index in [9.17, 15) is 4.79 Å². The molecular weight excluding hydrogens is 326 g/mol. The van der Waals surface area contributed by atoms with Gasteiger partial charge in [0.25, 0.3) is 0 Å². The summed E-state index contributed by atoms with van der Waals surface area (Å²) in [5, 5.41) is 3.27. The standard InChI is InChI=1S/C20H31N5O/c1-21-19(25-14-11-20(16-25)9-4-5-10-20)23-15-18(26)24(2)13-8-17-7-3-6-12-22-17/h3,6-7,12H,4-5,8-11,13-16H2,1-2H3,(H,21,23). The minimum atomic E-state index is 0.0804. The van der Waals surface area contributed by atoms with Gasteiger partial charge in [0.05, 0.1) is 6.54 Å². The zero-order chi connectivity index (χ0) is 18.4. The van der Waals surface area contributed by atoms with Gasteiger partial charge in [-0.2, -0.15) is 0 Å². The summed E-state index contributed by atoms with van der Waals surface area (Å²) in [5.74, 6) is 0.942. The third-order valence-corrected chi connectivity index (χ3v) is 5.87. The highest BCUT2D eigenvalue weighted by Gasteiger charge is 2.41. The van der Waals surface area contributed by atoms with Crippen LogP contribution in [0.1, 0.15) is 37.8 Å². The predicted molar refractivity (Wildman–Crippen MR) is 104 cm³/mol. The van der Waals surface area contributed by atoms with Crippen molar-refractivity contribution in [1.82, 2.24) is 20.1 Å². The van der Waals surface area contributed by atoms with Gasteiger partial charge in [0.2, 0.25) is 5.91 Å². The van der Waals surface area contributed by atoms with E-state index in [-0.39, 0.29) is 12.5 Å². The first-order valence-electron chi connectivity index (χ1n) is 9.71. The number of carbonyl (C=O) groups excluding carboxylic acids is 1. The second kappa shape index (κ2) is 8.52. The van der Waals surface area contributed by atoms with Crippen molar-refractivity contribution >= 4 is 11.9 Å². The summed E-state index contributed by atoms with van der Waals surface area (Å²) >= 11 is 0.